The predicted octanol–water partition coefficient (Wildman–Crippen LogP) is 8.45. The third kappa shape index (κ3) is 14.6. The third-order valence-corrected chi connectivity index (χ3v) is 11.9. The lowest BCUT2D eigenvalue weighted by molar-refractivity contribution is -0.294. The number of carbonyl (C=O) groups excluding carboxylic acids is 2. The second-order valence-corrected chi connectivity index (χ2v) is 18.7. The summed E-state index contributed by atoms with van der Waals surface area (Å²) < 4.78 is 27.7. The summed E-state index contributed by atoms with van der Waals surface area (Å²) in [4.78, 5) is 27.5. The van der Waals surface area contributed by atoms with Crippen LogP contribution in [0.1, 0.15) is 91.1 Å². The SMILES string of the molecule is Cc1ccc([C@@H]2OC(C(C)(C)O)[C@@H](OCc3ccccc3)[C@H](OCc3ccccc3)[C@H]2OCc2ccccc2)cc1Cc1ccc(CCCC(=O)NC(C)(C)C(=O)NCCN(C)C)cc1. The Morgan fingerprint density at radius 2 is 1.20 bits per heavy atom. The molecule has 346 valence electrons. The molecule has 5 aromatic carbocycles. The van der Waals surface area contributed by atoms with Crippen LogP contribution in [-0.4, -0.2) is 84.6 Å². The number of nitrogens with zero attached hydrogens (tertiary/aromatic N) is 1. The van der Waals surface area contributed by atoms with E-state index in [2.05, 4.69) is 60.0 Å². The lowest BCUT2D eigenvalue weighted by Gasteiger charge is -2.49. The second-order valence-electron chi connectivity index (χ2n) is 18.7. The summed E-state index contributed by atoms with van der Waals surface area (Å²) in [5, 5.41) is 17.6. The number of amides is 2. The summed E-state index contributed by atoms with van der Waals surface area (Å²) in [6.07, 6.45) is -0.834. The second kappa shape index (κ2) is 23.3. The molecule has 10 nitrogen and oxygen atoms in total. The smallest absolute Gasteiger partial charge is 0.245 e. The number of carbonyl (C=O) groups is 2. The Morgan fingerprint density at radius 1 is 0.677 bits per heavy atom. The highest BCUT2D eigenvalue weighted by Gasteiger charge is 2.53. The van der Waals surface area contributed by atoms with Gasteiger partial charge in [0.2, 0.25) is 11.8 Å². The number of hydrogen-bond acceptors (Lipinski definition) is 8. The van der Waals surface area contributed by atoms with Crippen molar-refractivity contribution in [3.05, 3.63) is 178 Å². The van der Waals surface area contributed by atoms with Crippen molar-refractivity contribution in [3.63, 3.8) is 0 Å². The zero-order valence-corrected chi connectivity index (χ0v) is 39.3. The van der Waals surface area contributed by atoms with E-state index in [1.165, 1.54) is 0 Å². The number of nitrogens with one attached hydrogen (secondary N) is 2. The Balaban J connectivity index is 1.20. The minimum Gasteiger partial charge on any atom is -0.388 e. The normalized spacial score (nSPS) is 18.9. The largest absolute Gasteiger partial charge is 0.388 e. The van der Waals surface area contributed by atoms with Gasteiger partial charge in [0.05, 0.1) is 25.4 Å². The number of hydrogen-bond donors (Lipinski definition) is 3. The highest BCUT2D eigenvalue weighted by atomic mass is 16.6. The number of aliphatic hydroxyl groups is 1. The molecule has 3 N–H and O–H groups in total. The fraction of sp³-hybridized carbons (Fsp3) is 0.418. The van der Waals surface area contributed by atoms with Crippen LogP contribution >= 0.6 is 0 Å². The lowest BCUT2D eigenvalue weighted by atomic mass is 9.83. The molecule has 5 aromatic rings. The first kappa shape index (κ1) is 49.2. The van der Waals surface area contributed by atoms with Crippen LogP contribution < -0.4 is 10.6 Å². The van der Waals surface area contributed by atoms with Gasteiger partial charge in [-0.15, -0.1) is 0 Å². The molecular weight excluding hydrogens is 815 g/mol. The Morgan fingerprint density at radius 3 is 1.74 bits per heavy atom. The van der Waals surface area contributed by atoms with Gasteiger partial charge in [-0.25, -0.2) is 0 Å². The van der Waals surface area contributed by atoms with Gasteiger partial charge in [0, 0.05) is 19.5 Å². The van der Waals surface area contributed by atoms with Crippen molar-refractivity contribution in [2.24, 2.45) is 0 Å². The Hall–Kier alpha value is -5.20. The highest BCUT2D eigenvalue weighted by Crippen LogP contribution is 2.42. The first-order chi connectivity index (χ1) is 31.2. The van der Waals surface area contributed by atoms with Crippen LogP contribution in [-0.2, 0) is 61.2 Å². The van der Waals surface area contributed by atoms with Gasteiger partial charge in [0.1, 0.15) is 36.1 Å². The average Bonchev–Trinajstić information content (AvgIpc) is 3.28. The maximum absolute atomic E-state index is 12.8. The average molecular weight is 884 g/mol. The maximum atomic E-state index is 12.8. The third-order valence-electron chi connectivity index (χ3n) is 11.9. The minimum atomic E-state index is -1.30. The summed E-state index contributed by atoms with van der Waals surface area (Å²) in [6, 6.07) is 45.2. The predicted molar refractivity (Wildman–Crippen MR) is 256 cm³/mol. The molecule has 6 rings (SSSR count). The monoisotopic (exact) mass is 884 g/mol. The van der Waals surface area contributed by atoms with E-state index in [0.717, 1.165) is 57.5 Å². The molecule has 1 unspecified atom stereocenters. The van der Waals surface area contributed by atoms with E-state index in [4.69, 9.17) is 18.9 Å². The Labute approximate surface area is 386 Å². The van der Waals surface area contributed by atoms with Crippen LogP contribution in [0.5, 0.6) is 0 Å². The fourth-order valence-electron chi connectivity index (χ4n) is 8.17. The molecule has 1 aliphatic rings. The van der Waals surface area contributed by atoms with Crippen molar-refractivity contribution in [2.45, 2.75) is 122 Å². The van der Waals surface area contributed by atoms with Crippen LogP contribution in [0.4, 0.5) is 0 Å². The van der Waals surface area contributed by atoms with Crippen LogP contribution in [0.25, 0.3) is 0 Å². The molecule has 5 atom stereocenters. The molecule has 0 saturated carbocycles. The quantitative estimate of drug-likeness (QED) is 0.0635. The molecule has 2 amide bonds. The lowest BCUT2D eigenvalue weighted by Crippen LogP contribution is -2.62. The maximum Gasteiger partial charge on any atom is 0.245 e. The van der Waals surface area contributed by atoms with Crippen molar-refractivity contribution >= 4 is 11.8 Å². The van der Waals surface area contributed by atoms with E-state index in [1.54, 1.807) is 27.7 Å². The van der Waals surface area contributed by atoms with Gasteiger partial charge in [0.15, 0.2) is 0 Å². The van der Waals surface area contributed by atoms with Gasteiger partial charge in [-0.2, -0.15) is 0 Å². The summed E-state index contributed by atoms with van der Waals surface area (Å²) in [5.74, 6) is -0.336. The van der Waals surface area contributed by atoms with E-state index in [1.807, 2.05) is 110 Å². The number of ether oxygens (including phenoxy) is 4. The first-order valence-electron chi connectivity index (χ1n) is 22.9. The number of likely N-dealkylation sites (N-methyl/N-ethyl adjacent to an activating group) is 1. The van der Waals surface area contributed by atoms with Crippen LogP contribution in [0.2, 0.25) is 0 Å². The molecule has 0 bridgehead atoms. The first-order valence-corrected chi connectivity index (χ1v) is 22.9. The Kier molecular flexibility index (Phi) is 17.7. The van der Waals surface area contributed by atoms with E-state index in [-0.39, 0.29) is 11.8 Å². The molecule has 0 aliphatic carbocycles. The molecule has 0 radical (unpaired) electrons. The zero-order chi connectivity index (χ0) is 46.4. The highest BCUT2D eigenvalue weighted by molar-refractivity contribution is 5.90. The summed E-state index contributed by atoms with van der Waals surface area (Å²) >= 11 is 0. The summed E-state index contributed by atoms with van der Waals surface area (Å²) in [6.45, 7) is 11.3. The number of aryl methyl sites for hydroxylation is 2. The molecule has 0 aromatic heterocycles. The van der Waals surface area contributed by atoms with Gasteiger partial charge in [-0.1, -0.05) is 133 Å². The van der Waals surface area contributed by atoms with E-state index < -0.39 is 41.7 Å². The van der Waals surface area contributed by atoms with Crippen LogP contribution in [0.15, 0.2) is 133 Å². The fourth-order valence-corrected chi connectivity index (χ4v) is 8.17. The van der Waals surface area contributed by atoms with Crippen molar-refractivity contribution in [2.75, 3.05) is 27.2 Å². The molecule has 1 aliphatic heterocycles. The van der Waals surface area contributed by atoms with Gasteiger partial charge in [-0.05, 0) is 112 Å². The van der Waals surface area contributed by atoms with Gasteiger partial charge < -0.3 is 39.6 Å². The van der Waals surface area contributed by atoms with Gasteiger partial charge in [-0.3, -0.25) is 9.59 Å². The number of rotatable bonds is 22. The van der Waals surface area contributed by atoms with E-state index in [9.17, 15) is 14.7 Å². The molecule has 1 fully saturated rings. The van der Waals surface area contributed by atoms with Crippen molar-refractivity contribution in [1.29, 1.82) is 0 Å². The van der Waals surface area contributed by atoms with Crippen LogP contribution in [0, 0.1) is 6.92 Å². The standard InChI is InChI=1S/C55H69N3O7/c1-39-26-31-45(35-46(39)34-41-29-27-40(28-30-41)24-17-25-47(59)57-54(2,3)53(60)56-32-33-58(6)7)48-49(62-36-42-18-11-8-12-19-42)50(63-37-43-20-13-9-14-21-43)51(52(65-48)55(4,5)61)64-38-44-22-15-10-16-23-44/h8-16,18-23,26-31,35,48-52,61H,17,24-25,32-34,36-38H2,1-7H3,(H,56,60)(H,57,59)/t48-,49-,50+,51-,52?/m0/s1. The van der Waals surface area contributed by atoms with E-state index in [0.29, 0.717) is 45.6 Å². The molecule has 1 saturated heterocycles. The van der Waals surface area contributed by atoms with Crippen molar-refractivity contribution in [1.82, 2.24) is 15.5 Å². The van der Waals surface area contributed by atoms with Crippen molar-refractivity contribution in [3.8, 4) is 0 Å². The topological polar surface area (TPSA) is 119 Å². The minimum absolute atomic E-state index is 0.141. The molecule has 65 heavy (non-hydrogen) atoms. The molecular formula is C55H69N3O7. The van der Waals surface area contributed by atoms with Crippen molar-refractivity contribution < 1.29 is 33.6 Å². The molecule has 10 heteroatoms. The van der Waals surface area contributed by atoms with Crippen LogP contribution in [0.3, 0.4) is 0 Å². The van der Waals surface area contributed by atoms with Gasteiger partial charge in [0.25, 0.3) is 0 Å². The molecule has 1 heterocycles. The van der Waals surface area contributed by atoms with Gasteiger partial charge >= 0.3 is 0 Å². The summed E-state index contributed by atoms with van der Waals surface area (Å²) in [7, 11) is 3.90. The zero-order valence-electron chi connectivity index (χ0n) is 39.3. The summed E-state index contributed by atoms with van der Waals surface area (Å²) in [5.41, 5.74) is 6.28. The number of benzene rings is 5. The van der Waals surface area contributed by atoms with E-state index >= 15 is 0 Å². The molecule has 0 spiro atoms. The Bertz CT molecular complexity index is 2230.